The lowest BCUT2D eigenvalue weighted by Gasteiger charge is -2.26. The number of hydrogen-bond acceptors (Lipinski definition) is 5. The molecule has 1 heterocycles. The fraction of sp³-hybridized carbons (Fsp3) is 0.333. The predicted molar refractivity (Wildman–Crippen MR) is 103 cm³/mol. The first-order valence-electron chi connectivity index (χ1n) is 8.60. The monoisotopic (exact) mass is 370 g/mol. The second-order valence-electron chi connectivity index (χ2n) is 7.41. The Hall–Kier alpha value is -2.86. The number of aromatic carboxylic acids is 1. The van der Waals surface area contributed by atoms with Crippen molar-refractivity contribution in [3.8, 4) is 5.75 Å². The summed E-state index contributed by atoms with van der Waals surface area (Å²) in [5.41, 5.74) is 0.766. The van der Waals surface area contributed by atoms with Crippen molar-refractivity contribution in [2.45, 2.75) is 39.4 Å². The van der Waals surface area contributed by atoms with Crippen LogP contribution in [-0.4, -0.2) is 23.8 Å². The number of fused-ring (bicyclic) bond motifs is 2. The summed E-state index contributed by atoms with van der Waals surface area (Å²) in [4.78, 5) is 24.3. The highest BCUT2D eigenvalue weighted by Gasteiger charge is 2.22. The highest BCUT2D eigenvalue weighted by Crippen LogP contribution is 2.33. The largest absolute Gasteiger partial charge is 0.497 e. The Balaban J connectivity index is 2.34. The van der Waals surface area contributed by atoms with E-state index in [0.717, 1.165) is 0 Å². The van der Waals surface area contributed by atoms with Crippen molar-refractivity contribution in [1.29, 1.82) is 0 Å². The molecular weight excluding hydrogens is 348 g/mol. The van der Waals surface area contributed by atoms with Crippen molar-refractivity contribution in [2.75, 3.05) is 7.11 Å². The maximum absolute atomic E-state index is 13.0. The molecule has 0 aliphatic heterocycles. The summed E-state index contributed by atoms with van der Waals surface area (Å²) in [6.07, 6.45) is -0.346. The van der Waals surface area contributed by atoms with Crippen LogP contribution in [0.2, 0.25) is 0 Å². The molecule has 1 unspecified atom stereocenters. The average molecular weight is 370 g/mol. The van der Waals surface area contributed by atoms with Crippen molar-refractivity contribution < 1.29 is 23.8 Å². The van der Waals surface area contributed by atoms with E-state index < -0.39 is 5.97 Å². The number of carbonyl (C=O) groups is 1. The summed E-state index contributed by atoms with van der Waals surface area (Å²) < 4.78 is 17.4. The van der Waals surface area contributed by atoms with E-state index in [1.54, 1.807) is 12.1 Å². The lowest BCUT2D eigenvalue weighted by atomic mass is 10.0. The van der Waals surface area contributed by atoms with Gasteiger partial charge >= 0.3 is 5.97 Å². The molecule has 0 saturated heterocycles. The third kappa shape index (κ3) is 3.66. The number of rotatable bonds is 4. The van der Waals surface area contributed by atoms with E-state index in [2.05, 4.69) is 0 Å². The Labute approximate surface area is 156 Å². The first-order valence-corrected chi connectivity index (χ1v) is 8.60. The molecule has 0 amide bonds. The molecular formula is C21H22O6. The topological polar surface area (TPSA) is 86.0 Å². The molecule has 0 fully saturated rings. The minimum atomic E-state index is -1.10. The van der Waals surface area contributed by atoms with E-state index in [-0.39, 0.29) is 28.1 Å². The van der Waals surface area contributed by atoms with Crippen molar-refractivity contribution in [1.82, 2.24) is 0 Å². The zero-order chi connectivity index (χ0) is 19.9. The Morgan fingerprint density at radius 3 is 2.44 bits per heavy atom. The van der Waals surface area contributed by atoms with E-state index in [1.807, 2.05) is 27.7 Å². The number of carboxylic acid groups (broad SMARTS) is 1. The maximum Gasteiger partial charge on any atom is 0.335 e. The first kappa shape index (κ1) is 18.9. The Kier molecular flexibility index (Phi) is 4.70. The number of carboxylic acids is 1. The lowest BCUT2D eigenvalue weighted by Crippen LogP contribution is -2.21. The van der Waals surface area contributed by atoms with Crippen LogP contribution in [0.1, 0.15) is 49.7 Å². The van der Waals surface area contributed by atoms with Crippen molar-refractivity contribution >= 4 is 27.9 Å². The van der Waals surface area contributed by atoms with Crippen molar-refractivity contribution in [2.24, 2.45) is 0 Å². The highest BCUT2D eigenvalue weighted by atomic mass is 16.5. The van der Waals surface area contributed by atoms with Gasteiger partial charge in [-0.25, -0.2) is 4.79 Å². The average Bonchev–Trinajstić information content (AvgIpc) is 2.59. The van der Waals surface area contributed by atoms with Gasteiger partial charge in [0, 0.05) is 5.56 Å². The fourth-order valence-corrected chi connectivity index (χ4v) is 3.10. The molecule has 0 saturated carbocycles. The van der Waals surface area contributed by atoms with Crippen molar-refractivity contribution in [3.63, 3.8) is 0 Å². The molecule has 6 nitrogen and oxygen atoms in total. The van der Waals surface area contributed by atoms with Gasteiger partial charge in [-0.1, -0.05) is 0 Å². The van der Waals surface area contributed by atoms with Crippen LogP contribution in [0.3, 0.4) is 0 Å². The van der Waals surface area contributed by atoms with E-state index in [1.165, 1.54) is 25.3 Å². The van der Waals surface area contributed by atoms with Gasteiger partial charge in [-0.3, -0.25) is 4.79 Å². The Bertz CT molecular complexity index is 1090. The van der Waals surface area contributed by atoms with Crippen LogP contribution >= 0.6 is 0 Å². The minimum Gasteiger partial charge on any atom is -0.497 e. The van der Waals surface area contributed by atoms with E-state index in [9.17, 15) is 14.7 Å². The third-order valence-corrected chi connectivity index (χ3v) is 4.22. The van der Waals surface area contributed by atoms with Crippen LogP contribution in [0.5, 0.6) is 5.75 Å². The SMILES string of the molecule is COc1cc(C(C)OC(C)(C)C)c2oc3ccc(C(=O)O)cc3c(=O)c2c1. The van der Waals surface area contributed by atoms with Gasteiger partial charge in [-0.2, -0.15) is 0 Å². The second kappa shape index (κ2) is 6.70. The lowest BCUT2D eigenvalue weighted by molar-refractivity contribution is -0.0527. The van der Waals surface area contributed by atoms with Crippen molar-refractivity contribution in [3.05, 3.63) is 51.7 Å². The van der Waals surface area contributed by atoms with Gasteiger partial charge < -0.3 is 19.0 Å². The minimum absolute atomic E-state index is 0.0294. The molecule has 0 aliphatic rings. The Morgan fingerprint density at radius 2 is 1.85 bits per heavy atom. The fourth-order valence-electron chi connectivity index (χ4n) is 3.10. The highest BCUT2D eigenvalue weighted by molar-refractivity contribution is 5.96. The van der Waals surface area contributed by atoms with Gasteiger partial charge in [0.05, 0.1) is 35.2 Å². The molecule has 3 aromatic rings. The van der Waals surface area contributed by atoms with Gasteiger partial charge in [-0.05, 0) is 58.0 Å². The summed E-state index contributed by atoms with van der Waals surface area (Å²) in [5.74, 6) is -0.599. The normalized spacial score (nSPS) is 13.1. The standard InChI is InChI=1S/C21H22O6/c1-11(27-21(2,3)4)14-9-13(25-5)10-16-18(22)15-8-12(20(23)24)6-7-17(15)26-19(14)16/h6-11H,1-5H3,(H,23,24). The van der Waals surface area contributed by atoms with Gasteiger partial charge in [-0.15, -0.1) is 0 Å². The van der Waals surface area contributed by atoms with E-state index >= 15 is 0 Å². The summed E-state index contributed by atoms with van der Waals surface area (Å²) in [6, 6.07) is 7.64. The van der Waals surface area contributed by atoms with E-state index in [0.29, 0.717) is 27.9 Å². The van der Waals surface area contributed by atoms with Gasteiger partial charge in [0.1, 0.15) is 16.9 Å². The molecule has 1 N–H and O–H groups in total. The summed E-state index contributed by atoms with van der Waals surface area (Å²) in [5, 5.41) is 9.72. The maximum atomic E-state index is 13.0. The van der Waals surface area contributed by atoms with Crippen LogP contribution in [0.4, 0.5) is 0 Å². The van der Waals surface area contributed by atoms with Crippen LogP contribution in [0.15, 0.2) is 39.5 Å². The molecule has 1 atom stereocenters. The van der Waals surface area contributed by atoms with Crippen LogP contribution in [-0.2, 0) is 4.74 Å². The molecule has 2 aromatic carbocycles. The molecule has 0 spiro atoms. The predicted octanol–water partition coefficient (Wildman–Crippen LogP) is 4.53. The first-order chi connectivity index (χ1) is 12.6. The number of methoxy groups -OCH3 is 1. The Morgan fingerprint density at radius 1 is 1.15 bits per heavy atom. The van der Waals surface area contributed by atoms with E-state index in [4.69, 9.17) is 13.9 Å². The second-order valence-corrected chi connectivity index (χ2v) is 7.41. The van der Waals surface area contributed by atoms with Crippen LogP contribution < -0.4 is 10.2 Å². The zero-order valence-corrected chi connectivity index (χ0v) is 16.0. The molecule has 142 valence electrons. The third-order valence-electron chi connectivity index (χ3n) is 4.22. The summed E-state index contributed by atoms with van der Waals surface area (Å²) in [7, 11) is 1.52. The molecule has 27 heavy (non-hydrogen) atoms. The van der Waals surface area contributed by atoms with Gasteiger partial charge in [0.2, 0.25) is 5.43 Å². The molecule has 3 rings (SSSR count). The van der Waals surface area contributed by atoms with Gasteiger partial charge in [0.15, 0.2) is 0 Å². The smallest absolute Gasteiger partial charge is 0.335 e. The summed E-state index contributed by atoms with van der Waals surface area (Å²) in [6.45, 7) is 7.73. The summed E-state index contributed by atoms with van der Waals surface area (Å²) >= 11 is 0. The zero-order valence-electron chi connectivity index (χ0n) is 16.0. The molecule has 6 heteroatoms. The van der Waals surface area contributed by atoms with Crippen LogP contribution in [0, 0.1) is 0 Å². The molecule has 0 radical (unpaired) electrons. The number of benzene rings is 2. The molecule has 1 aromatic heterocycles. The number of ether oxygens (including phenoxy) is 2. The van der Waals surface area contributed by atoms with Crippen LogP contribution in [0.25, 0.3) is 21.9 Å². The quantitative estimate of drug-likeness (QED) is 0.679. The van der Waals surface area contributed by atoms with Gasteiger partial charge in [0.25, 0.3) is 0 Å². The molecule has 0 aliphatic carbocycles. The molecule has 0 bridgehead atoms. The number of hydrogen-bond donors (Lipinski definition) is 1.